The van der Waals surface area contributed by atoms with E-state index in [-0.39, 0.29) is 10.4 Å². The number of hydrogen-bond donors (Lipinski definition) is 0. The van der Waals surface area contributed by atoms with Gasteiger partial charge in [-0.1, -0.05) is 11.6 Å². The Morgan fingerprint density at radius 3 is 2.73 bits per heavy atom. The molecule has 0 unspecified atom stereocenters. The topological polar surface area (TPSA) is 51.6 Å². The summed E-state index contributed by atoms with van der Waals surface area (Å²) >= 11 is 14.3. The summed E-state index contributed by atoms with van der Waals surface area (Å²) in [5.74, 6) is 0. The van der Waals surface area contributed by atoms with Gasteiger partial charge in [-0.15, -0.1) is 21.5 Å². The lowest BCUT2D eigenvalue weighted by Gasteiger charge is -1.97. The van der Waals surface area contributed by atoms with Gasteiger partial charge in [0.1, 0.15) is 5.03 Å². The van der Waals surface area contributed by atoms with Crippen LogP contribution in [-0.4, -0.2) is 20.2 Å². The third-order valence-corrected chi connectivity index (χ3v) is 3.93. The van der Waals surface area contributed by atoms with Crippen LogP contribution in [0.4, 0.5) is 0 Å². The highest BCUT2D eigenvalue weighted by Crippen LogP contribution is 2.32. The van der Waals surface area contributed by atoms with Crippen molar-refractivity contribution in [2.45, 2.75) is 16.3 Å². The number of aryl methyl sites for hydroxylation is 1. The second kappa shape index (κ2) is 4.61. The van der Waals surface area contributed by atoms with Gasteiger partial charge in [0.2, 0.25) is 5.28 Å². The van der Waals surface area contributed by atoms with Crippen LogP contribution in [0.1, 0.15) is 5.69 Å². The Morgan fingerprint density at radius 2 is 2.07 bits per heavy atom. The minimum atomic E-state index is 0.0789. The first-order chi connectivity index (χ1) is 7.15. The van der Waals surface area contributed by atoms with Crippen LogP contribution in [0.15, 0.2) is 14.7 Å². The lowest BCUT2D eigenvalue weighted by atomic mass is 10.6. The summed E-state index contributed by atoms with van der Waals surface area (Å²) in [6.07, 6.45) is 0. The average molecular weight is 279 g/mol. The molecule has 15 heavy (non-hydrogen) atoms. The molecule has 0 aliphatic heterocycles. The monoisotopic (exact) mass is 278 g/mol. The number of thiazole rings is 1. The Hall–Kier alpha value is -0.430. The zero-order chi connectivity index (χ0) is 10.8. The molecular weight excluding hydrogens is 275 g/mol. The molecule has 2 heterocycles. The van der Waals surface area contributed by atoms with E-state index in [0.29, 0.717) is 5.03 Å². The van der Waals surface area contributed by atoms with E-state index in [9.17, 15) is 0 Å². The maximum atomic E-state index is 5.81. The van der Waals surface area contributed by atoms with Gasteiger partial charge in [0.15, 0.2) is 9.49 Å². The summed E-state index contributed by atoms with van der Waals surface area (Å²) < 4.78 is 0.853. The molecular formula is C7H4Cl2N4S2. The van der Waals surface area contributed by atoms with Gasteiger partial charge in [0, 0.05) is 11.1 Å². The Bertz CT molecular complexity index is 488. The molecule has 2 aromatic rings. The van der Waals surface area contributed by atoms with E-state index in [2.05, 4.69) is 20.2 Å². The van der Waals surface area contributed by atoms with Gasteiger partial charge in [-0.2, -0.15) is 0 Å². The molecule has 0 radical (unpaired) electrons. The standard InChI is InChI=1S/C7H4Cl2N4S2/c1-3-2-14-7(10-3)15-5-4(8)12-13-6(9)11-5/h2H,1H3. The van der Waals surface area contributed by atoms with Gasteiger partial charge < -0.3 is 0 Å². The summed E-state index contributed by atoms with van der Waals surface area (Å²) in [6.45, 7) is 1.92. The smallest absolute Gasteiger partial charge is 0.235 e. The molecule has 0 bridgehead atoms. The second-order valence-corrected chi connectivity index (χ2v) is 5.32. The molecule has 8 heteroatoms. The van der Waals surface area contributed by atoms with Crippen molar-refractivity contribution in [2.75, 3.05) is 0 Å². The van der Waals surface area contributed by atoms with Crippen LogP contribution in [0.25, 0.3) is 0 Å². The van der Waals surface area contributed by atoms with E-state index < -0.39 is 0 Å². The van der Waals surface area contributed by atoms with Crippen LogP contribution < -0.4 is 0 Å². The first kappa shape index (κ1) is 11.1. The Morgan fingerprint density at radius 1 is 1.27 bits per heavy atom. The fourth-order valence-corrected chi connectivity index (χ4v) is 2.88. The van der Waals surface area contributed by atoms with Crippen molar-refractivity contribution >= 4 is 46.3 Å². The SMILES string of the molecule is Cc1csc(Sc2nc(Cl)nnc2Cl)n1. The molecule has 0 aliphatic rings. The summed E-state index contributed by atoms with van der Waals surface area (Å²) in [5.41, 5.74) is 0.965. The maximum absolute atomic E-state index is 5.81. The zero-order valence-electron chi connectivity index (χ0n) is 7.44. The molecule has 0 N–H and O–H groups in total. The van der Waals surface area contributed by atoms with Crippen molar-refractivity contribution < 1.29 is 0 Å². The first-order valence-corrected chi connectivity index (χ1v) is 6.26. The minimum absolute atomic E-state index is 0.0789. The lowest BCUT2D eigenvalue weighted by Crippen LogP contribution is -1.91. The fraction of sp³-hybridized carbons (Fsp3) is 0.143. The average Bonchev–Trinajstić information content (AvgIpc) is 2.58. The lowest BCUT2D eigenvalue weighted by molar-refractivity contribution is 0.904. The van der Waals surface area contributed by atoms with Gasteiger partial charge in [-0.3, -0.25) is 0 Å². The molecule has 2 aromatic heterocycles. The summed E-state index contributed by atoms with van der Waals surface area (Å²) in [4.78, 5) is 8.24. The van der Waals surface area contributed by atoms with Gasteiger partial charge in [0.05, 0.1) is 0 Å². The van der Waals surface area contributed by atoms with E-state index in [1.165, 1.54) is 23.1 Å². The second-order valence-electron chi connectivity index (χ2n) is 2.53. The van der Waals surface area contributed by atoms with Crippen molar-refractivity contribution in [2.24, 2.45) is 0 Å². The van der Waals surface area contributed by atoms with Crippen LogP contribution in [0, 0.1) is 6.92 Å². The van der Waals surface area contributed by atoms with E-state index >= 15 is 0 Å². The van der Waals surface area contributed by atoms with Crippen LogP contribution in [0.2, 0.25) is 10.4 Å². The van der Waals surface area contributed by atoms with E-state index in [0.717, 1.165) is 10.0 Å². The highest BCUT2D eigenvalue weighted by atomic mass is 35.5. The number of nitrogens with zero attached hydrogens (tertiary/aromatic N) is 4. The van der Waals surface area contributed by atoms with Crippen molar-refractivity contribution in [3.05, 3.63) is 21.5 Å². The quantitative estimate of drug-likeness (QED) is 0.845. The van der Waals surface area contributed by atoms with Crippen molar-refractivity contribution in [3.63, 3.8) is 0 Å². The number of hydrogen-bond acceptors (Lipinski definition) is 6. The Balaban J connectivity index is 2.27. The van der Waals surface area contributed by atoms with Crippen LogP contribution >= 0.6 is 46.3 Å². The van der Waals surface area contributed by atoms with E-state index in [4.69, 9.17) is 23.2 Å². The molecule has 0 spiro atoms. The van der Waals surface area contributed by atoms with Crippen molar-refractivity contribution in [3.8, 4) is 0 Å². The summed E-state index contributed by atoms with van der Waals surface area (Å²) in [7, 11) is 0. The molecule has 0 saturated carbocycles. The number of rotatable bonds is 2. The molecule has 0 fully saturated rings. The molecule has 0 saturated heterocycles. The minimum Gasteiger partial charge on any atom is -0.235 e. The molecule has 0 aromatic carbocycles. The summed E-state index contributed by atoms with van der Waals surface area (Å²) in [6, 6.07) is 0. The molecule has 4 nitrogen and oxygen atoms in total. The van der Waals surface area contributed by atoms with Crippen LogP contribution in [0.3, 0.4) is 0 Å². The predicted octanol–water partition coefficient (Wildman–Crippen LogP) is 3.09. The highest BCUT2D eigenvalue weighted by Gasteiger charge is 2.10. The molecule has 0 aliphatic carbocycles. The first-order valence-electron chi connectivity index (χ1n) is 3.81. The third kappa shape index (κ3) is 2.78. The maximum Gasteiger partial charge on any atom is 0.244 e. The highest BCUT2D eigenvalue weighted by molar-refractivity contribution is 8.01. The number of aromatic nitrogens is 4. The van der Waals surface area contributed by atoms with Gasteiger partial charge in [0.25, 0.3) is 0 Å². The van der Waals surface area contributed by atoms with Gasteiger partial charge in [-0.25, -0.2) is 9.97 Å². The van der Waals surface area contributed by atoms with E-state index in [1.807, 2.05) is 12.3 Å². The van der Waals surface area contributed by atoms with E-state index in [1.54, 1.807) is 0 Å². The largest absolute Gasteiger partial charge is 0.244 e. The summed E-state index contributed by atoms with van der Waals surface area (Å²) in [5, 5.41) is 9.97. The number of halogens is 2. The Kier molecular flexibility index (Phi) is 3.40. The molecule has 2 rings (SSSR count). The third-order valence-electron chi connectivity index (χ3n) is 1.37. The predicted molar refractivity (Wildman–Crippen MR) is 60.8 cm³/mol. The molecule has 78 valence electrons. The van der Waals surface area contributed by atoms with Crippen molar-refractivity contribution in [1.29, 1.82) is 0 Å². The van der Waals surface area contributed by atoms with Gasteiger partial charge >= 0.3 is 0 Å². The van der Waals surface area contributed by atoms with Crippen LogP contribution in [0.5, 0.6) is 0 Å². The van der Waals surface area contributed by atoms with Gasteiger partial charge in [-0.05, 0) is 30.3 Å². The Labute approximate surface area is 104 Å². The van der Waals surface area contributed by atoms with Crippen LogP contribution in [-0.2, 0) is 0 Å². The molecule has 0 amide bonds. The fourth-order valence-electron chi connectivity index (χ4n) is 0.807. The molecule has 0 atom stereocenters. The van der Waals surface area contributed by atoms with Crippen molar-refractivity contribution in [1.82, 2.24) is 20.2 Å². The normalized spacial score (nSPS) is 10.6. The zero-order valence-corrected chi connectivity index (χ0v) is 10.6.